The van der Waals surface area contributed by atoms with Gasteiger partial charge in [0.1, 0.15) is 18.2 Å². The Bertz CT molecular complexity index is 650. The Morgan fingerprint density at radius 2 is 1.95 bits per heavy atom. The molecule has 0 aliphatic rings. The maximum atomic E-state index is 12.8. The summed E-state index contributed by atoms with van der Waals surface area (Å²) in [4.78, 5) is 12.0. The van der Waals surface area contributed by atoms with Crippen molar-refractivity contribution < 1.29 is 13.9 Å². The lowest BCUT2D eigenvalue weighted by atomic mass is 10.2. The minimum atomic E-state index is -0.373. The average molecular weight is 285 g/mol. The van der Waals surface area contributed by atoms with E-state index in [1.807, 2.05) is 6.92 Å². The zero-order valence-electron chi connectivity index (χ0n) is 11.7. The molecule has 108 valence electrons. The standard InChI is InChI=1S/C17H16FNO2/c1-12(2)11-21-16-5-3-4-15(10-16)19-17(20)13-6-8-14(18)9-7-13/h3-10H,1,11H2,2H3,(H,19,20). The summed E-state index contributed by atoms with van der Waals surface area (Å²) in [5, 5.41) is 2.74. The molecule has 0 aromatic heterocycles. The van der Waals surface area contributed by atoms with Crippen LogP contribution in [0.25, 0.3) is 0 Å². The van der Waals surface area contributed by atoms with Crippen LogP contribution in [0, 0.1) is 5.82 Å². The van der Waals surface area contributed by atoms with Crippen molar-refractivity contribution in [3.63, 3.8) is 0 Å². The van der Waals surface area contributed by atoms with Gasteiger partial charge in [0.15, 0.2) is 0 Å². The molecule has 0 unspecified atom stereocenters. The van der Waals surface area contributed by atoms with Crippen LogP contribution in [0.15, 0.2) is 60.7 Å². The Balaban J connectivity index is 2.05. The van der Waals surface area contributed by atoms with E-state index in [-0.39, 0.29) is 11.7 Å². The summed E-state index contributed by atoms with van der Waals surface area (Å²) in [6, 6.07) is 12.4. The summed E-state index contributed by atoms with van der Waals surface area (Å²) in [6.45, 7) is 6.06. The predicted molar refractivity (Wildman–Crippen MR) is 81.1 cm³/mol. The molecule has 0 saturated carbocycles. The average Bonchev–Trinajstić information content (AvgIpc) is 2.46. The van der Waals surface area contributed by atoms with Gasteiger partial charge in [0.25, 0.3) is 5.91 Å². The fourth-order valence-electron chi connectivity index (χ4n) is 1.67. The summed E-state index contributed by atoms with van der Waals surface area (Å²) < 4.78 is 18.3. The molecular formula is C17H16FNO2. The number of halogens is 1. The predicted octanol–water partition coefficient (Wildman–Crippen LogP) is 4.03. The number of nitrogens with one attached hydrogen (secondary N) is 1. The van der Waals surface area contributed by atoms with Crippen LogP contribution in [0.5, 0.6) is 5.75 Å². The van der Waals surface area contributed by atoms with Crippen LogP contribution < -0.4 is 10.1 Å². The third-order valence-electron chi connectivity index (χ3n) is 2.68. The first kappa shape index (κ1) is 14.8. The summed E-state index contributed by atoms with van der Waals surface area (Å²) in [5.41, 5.74) is 1.92. The van der Waals surface area contributed by atoms with Crippen molar-refractivity contribution in [1.29, 1.82) is 0 Å². The second-order valence-electron chi connectivity index (χ2n) is 4.73. The van der Waals surface area contributed by atoms with Gasteiger partial charge in [-0.3, -0.25) is 4.79 Å². The Kier molecular flexibility index (Phi) is 4.72. The first-order valence-corrected chi connectivity index (χ1v) is 6.49. The molecule has 0 saturated heterocycles. The summed E-state index contributed by atoms with van der Waals surface area (Å²) in [7, 11) is 0. The van der Waals surface area contributed by atoms with Crippen LogP contribution in [0.4, 0.5) is 10.1 Å². The highest BCUT2D eigenvalue weighted by atomic mass is 19.1. The summed E-state index contributed by atoms with van der Waals surface area (Å²) in [5.74, 6) is -0.0244. The molecule has 0 heterocycles. The molecule has 2 aromatic rings. The molecule has 0 atom stereocenters. The summed E-state index contributed by atoms with van der Waals surface area (Å²) in [6.07, 6.45) is 0. The Hall–Kier alpha value is -2.62. The zero-order chi connectivity index (χ0) is 15.2. The number of hydrogen-bond donors (Lipinski definition) is 1. The van der Waals surface area contributed by atoms with Gasteiger partial charge in [-0.1, -0.05) is 12.6 Å². The number of rotatable bonds is 5. The van der Waals surface area contributed by atoms with Crippen LogP contribution in [-0.2, 0) is 0 Å². The Morgan fingerprint density at radius 1 is 1.24 bits per heavy atom. The quantitative estimate of drug-likeness (QED) is 0.842. The van der Waals surface area contributed by atoms with Gasteiger partial charge in [-0.15, -0.1) is 0 Å². The lowest BCUT2D eigenvalue weighted by molar-refractivity contribution is 0.102. The van der Waals surface area contributed by atoms with Gasteiger partial charge in [0.05, 0.1) is 0 Å². The Labute approximate surface area is 123 Å². The van der Waals surface area contributed by atoms with Gasteiger partial charge in [-0.25, -0.2) is 4.39 Å². The first-order valence-electron chi connectivity index (χ1n) is 6.49. The van der Waals surface area contributed by atoms with Crippen LogP contribution in [0.3, 0.4) is 0 Å². The number of carbonyl (C=O) groups excluding carboxylic acids is 1. The van der Waals surface area contributed by atoms with E-state index in [0.29, 0.717) is 23.6 Å². The zero-order valence-corrected chi connectivity index (χ0v) is 11.7. The monoisotopic (exact) mass is 285 g/mol. The molecule has 0 aliphatic heterocycles. The molecule has 0 spiro atoms. The van der Waals surface area contributed by atoms with E-state index in [4.69, 9.17) is 4.74 Å². The number of ether oxygens (including phenoxy) is 1. The van der Waals surface area contributed by atoms with Crippen molar-refractivity contribution in [2.45, 2.75) is 6.92 Å². The molecule has 0 aliphatic carbocycles. The largest absolute Gasteiger partial charge is 0.489 e. The van der Waals surface area contributed by atoms with E-state index < -0.39 is 0 Å². The number of anilines is 1. The first-order chi connectivity index (χ1) is 10.0. The summed E-state index contributed by atoms with van der Waals surface area (Å²) >= 11 is 0. The molecular weight excluding hydrogens is 269 g/mol. The van der Waals surface area contributed by atoms with Crippen molar-refractivity contribution in [2.24, 2.45) is 0 Å². The molecule has 0 radical (unpaired) electrons. The molecule has 3 nitrogen and oxygen atoms in total. The van der Waals surface area contributed by atoms with Gasteiger partial charge in [0.2, 0.25) is 0 Å². The molecule has 1 N–H and O–H groups in total. The third kappa shape index (κ3) is 4.45. The highest BCUT2D eigenvalue weighted by Crippen LogP contribution is 2.18. The number of carbonyl (C=O) groups is 1. The number of hydrogen-bond acceptors (Lipinski definition) is 2. The van der Waals surface area contributed by atoms with E-state index in [1.165, 1.54) is 24.3 Å². The van der Waals surface area contributed by atoms with Crippen LogP contribution in [0.1, 0.15) is 17.3 Å². The van der Waals surface area contributed by atoms with Gasteiger partial charge >= 0.3 is 0 Å². The minimum absolute atomic E-state index is 0.299. The van der Waals surface area contributed by atoms with Gasteiger partial charge < -0.3 is 10.1 Å². The highest BCUT2D eigenvalue weighted by Gasteiger charge is 2.06. The lowest BCUT2D eigenvalue weighted by Crippen LogP contribution is -2.11. The molecule has 2 aromatic carbocycles. The van der Waals surface area contributed by atoms with Crippen LogP contribution in [0.2, 0.25) is 0 Å². The molecule has 4 heteroatoms. The van der Waals surface area contributed by atoms with Gasteiger partial charge in [-0.2, -0.15) is 0 Å². The van der Waals surface area contributed by atoms with Crippen molar-refractivity contribution >= 4 is 11.6 Å². The van der Waals surface area contributed by atoms with E-state index in [9.17, 15) is 9.18 Å². The van der Waals surface area contributed by atoms with E-state index in [2.05, 4.69) is 11.9 Å². The SMILES string of the molecule is C=C(C)COc1cccc(NC(=O)c2ccc(F)cc2)c1. The second-order valence-corrected chi connectivity index (χ2v) is 4.73. The number of benzene rings is 2. The Morgan fingerprint density at radius 3 is 2.62 bits per heavy atom. The second kappa shape index (κ2) is 6.70. The van der Waals surface area contributed by atoms with E-state index in [0.717, 1.165) is 5.57 Å². The molecule has 0 bridgehead atoms. The molecule has 21 heavy (non-hydrogen) atoms. The van der Waals surface area contributed by atoms with E-state index >= 15 is 0 Å². The topological polar surface area (TPSA) is 38.3 Å². The van der Waals surface area contributed by atoms with Crippen molar-refractivity contribution in [1.82, 2.24) is 0 Å². The maximum Gasteiger partial charge on any atom is 0.255 e. The molecule has 0 fully saturated rings. The van der Waals surface area contributed by atoms with Gasteiger partial charge in [-0.05, 0) is 48.9 Å². The third-order valence-corrected chi connectivity index (χ3v) is 2.68. The molecule has 1 amide bonds. The van der Waals surface area contributed by atoms with Crippen molar-refractivity contribution in [2.75, 3.05) is 11.9 Å². The fraction of sp³-hybridized carbons (Fsp3) is 0.118. The minimum Gasteiger partial charge on any atom is -0.489 e. The lowest BCUT2D eigenvalue weighted by Gasteiger charge is -2.09. The van der Waals surface area contributed by atoms with E-state index in [1.54, 1.807) is 24.3 Å². The van der Waals surface area contributed by atoms with Crippen LogP contribution in [-0.4, -0.2) is 12.5 Å². The smallest absolute Gasteiger partial charge is 0.255 e. The van der Waals surface area contributed by atoms with Gasteiger partial charge in [0, 0.05) is 17.3 Å². The fourth-order valence-corrected chi connectivity index (χ4v) is 1.67. The van der Waals surface area contributed by atoms with Crippen LogP contribution >= 0.6 is 0 Å². The normalized spacial score (nSPS) is 10.0. The molecule has 2 rings (SSSR count). The highest BCUT2D eigenvalue weighted by molar-refractivity contribution is 6.04. The number of amides is 1. The maximum absolute atomic E-state index is 12.8. The van der Waals surface area contributed by atoms with Crippen molar-refractivity contribution in [3.05, 3.63) is 72.1 Å². The van der Waals surface area contributed by atoms with Crippen molar-refractivity contribution in [3.8, 4) is 5.75 Å².